The van der Waals surface area contributed by atoms with Crippen molar-refractivity contribution in [1.29, 1.82) is 0 Å². The van der Waals surface area contributed by atoms with Crippen LogP contribution in [0.5, 0.6) is 0 Å². The first-order chi connectivity index (χ1) is 15.1. The molecule has 4 rings (SSSR count). The van der Waals surface area contributed by atoms with E-state index in [1.807, 2.05) is 4.90 Å². The first-order valence-electron chi connectivity index (χ1n) is 10.1. The van der Waals surface area contributed by atoms with Crippen LogP contribution in [0, 0.1) is 5.82 Å². The third-order valence-corrected chi connectivity index (χ3v) is 5.01. The van der Waals surface area contributed by atoms with Crippen LogP contribution in [0.2, 0.25) is 0 Å². The highest BCUT2D eigenvalue weighted by molar-refractivity contribution is 6.10. The first kappa shape index (κ1) is 20.4. The Bertz CT molecular complexity index is 1090. The lowest BCUT2D eigenvalue weighted by Gasteiger charge is -2.19. The molecule has 0 spiro atoms. The van der Waals surface area contributed by atoms with Crippen LogP contribution in [-0.2, 0) is 4.79 Å². The van der Waals surface area contributed by atoms with Crippen LogP contribution >= 0.6 is 0 Å². The number of hydrogen-bond acceptors (Lipinski definition) is 4. The van der Waals surface area contributed by atoms with Crippen LogP contribution in [0.1, 0.15) is 29.0 Å². The fraction of sp³-hybridized carbons (Fsp3) is 0.167. The summed E-state index contributed by atoms with van der Waals surface area (Å²) in [7, 11) is 0. The van der Waals surface area contributed by atoms with E-state index in [2.05, 4.69) is 10.6 Å². The van der Waals surface area contributed by atoms with E-state index >= 15 is 0 Å². The van der Waals surface area contributed by atoms with Gasteiger partial charge in [-0.25, -0.2) is 4.39 Å². The summed E-state index contributed by atoms with van der Waals surface area (Å²) in [4.78, 5) is 27.4. The highest BCUT2D eigenvalue weighted by atomic mass is 19.1. The van der Waals surface area contributed by atoms with E-state index in [0.29, 0.717) is 22.7 Å². The molecule has 1 saturated heterocycles. The lowest BCUT2D eigenvalue weighted by molar-refractivity contribution is -0.113. The molecular weight excluding hydrogens is 397 g/mol. The summed E-state index contributed by atoms with van der Waals surface area (Å²) < 4.78 is 19.9. The standard InChI is InChI=1S/C24H22FN3O3/c25-20-15-18(10-11-22(20)28-12-4-5-13-28)26-24(30)21(16-19-9-6-14-31-19)27-23(29)17-7-2-1-3-8-17/h1-3,6-11,14-16H,4-5,12-13H2,(H,26,30)(H,27,29)/b21-16-. The molecule has 7 heteroatoms. The molecule has 1 aliphatic heterocycles. The first-order valence-corrected chi connectivity index (χ1v) is 10.1. The van der Waals surface area contributed by atoms with Crippen LogP contribution in [0.15, 0.2) is 77.0 Å². The minimum absolute atomic E-state index is 0.0205. The number of amides is 2. The van der Waals surface area contributed by atoms with Gasteiger partial charge in [-0.1, -0.05) is 18.2 Å². The predicted molar refractivity (Wildman–Crippen MR) is 117 cm³/mol. The third-order valence-electron chi connectivity index (χ3n) is 5.01. The molecule has 158 valence electrons. The summed E-state index contributed by atoms with van der Waals surface area (Å²) in [6.07, 6.45) is 4.97. The monoisotopic (exact) mass is 419 g/mol. The fourth-order valence-corrected chi connectivity index (χ4v) is 3.46. The van der Waals surface area contributed by atoms with E-state index in [0.717, 1.165) is 25.9 Å². The van der Waals surface area contributed by atoms with Crippen molar-refractivity contribution in [2.75, 3.05) is 23.3 Å². The number of hydrogen-bond donors (Lipinski definition) is 2. The number of anilines is 2. The number of carbonyl (C=O) groups excluding carboxylic acids is 2. The third kappa shape index (κ3) is 5.01. The number of benzene rings is 2. The van der Waals surface area contributed by atoms with E-state index in [1.165, 1.54) is 18.4 Å². The molecule has 1 aliphatic rings. The molecule has 2 N–H and O–H groups in total. The van der Waals surface area contributed by atoms with Crippen molar-refractivity contribution in [2.24, 2.45) is 0 Å². The van der Waals surface area contributed by atoms with Gasteiger partial charge in [0.25, 0.3) is 11.8 Å². The highest BCUT2D eigenvalue weighted by Crippen LogP contribution is 2.26. The Morgan fingerprint density at radius 2 is 1.77 bits per heavy atom. The smallest absolute Gasteiger partial charge is 0.272 e. The molecule has 6 nitrogen and oxygen atoms in total. The molecule has 1 aromatic heterocycles. The average molecular weight is 419 g/mol. The van der Waals surface area contributed by atoms with Crippen LogP contribution < -0.4 is 15.5 Å². The molecular formula is C24H22FN3O3. The Kier molecular flexibility index (Phi) is 6.12. The van der Waals surface area contributed by atoms with Gasteiger partial charge in [0.2, 0.25) is 0 Å². The van der Waals surface area contributed by atoms with E-state index < -0.39 is 17.6 Å². The second-order valence-electron chi connectivity index (χ2n) is 7.21. The molecule has 0 atom stereocenters. The number of furan rings is 1. The quantitative estimate of drug-likeness (QED) is 0.580. The van der Waals surface area contributed by atoms with Gasteiger partial charge >= 0.3 is 0 Å². The van der Waals surface area contributed by atoms with Crippen molar-refractivity contribution in [3.63, 3.8) is 0 Å². The maximum absolute atomic E-state index is 14.6. The van der Waals surface area contributed by atoms with Crippen molar-refractivity contribution in [2.45, 2.75) is 12.8 Å². The fourth-order valence-electron chi connectivity index (χ4n) is 3.46. The minimum atomic E-state index is -0.589. The van der Waals surface area contributed by atoms with Gasteiger partial charge < -0.3 is 20.0 Å². The van der Waals surface area contributed by atoms with Gasteiger partial charge in [0, 0.05) is 30.4 Å². The Morgan fingerprint density at radius 1 is 1.00 bits per heavy atom. The highest BCUT2D eigenvalue weighted by Gasteiger charge is 2.19. The second kappa shape index (κ2) is 9.30. The molecule has 0 aliphatic carbocycles. The van der Waals surface area contributed by atoms with Crippen molar-refractivity contribution in [1.82, 2.24) is 5.32 Å². The van der Waals surface area contributed by atoms with Crippen molar-refractivity contribution in [3.05, 3.63) is 89.8 Å². The van der Waals surface area contributed by atoms with E-state index in [1.54, 1.807) is 54.6 Å². The minimum Gasteiger partial charge on any atom is -0.465 e. The van der Waals surface area contributed by atoms with Crippen molar-refractivity contribution >= 4 is 29.3 Å². The number of carbonyl (C=O) groups is 2. The summed E-state index contributed by atoms with van der Waals surface area (Å²) >= 11 is 0. The molecule has 0 saturated carbocycles. The number of nitrogens with zero attached hydrogens (tertiary/aromatic N) is 1. The van der Waals surface area contributed by atoms with Gasteiger partial charge in [0.15, 0.2) is 0 Å². The summed E-state index contributed by atoms with van der Waals surface area (Å²) in [6, 6.07) is 16.5. The van der Waals surface area contributed by atoms with Gasteiger partial charge in [0.05, 0.1) is 12.0 Å². The van der Waals surface area contributed by atoms with Gasteiger partial charge in [-0.15, -0.1) is 0 Å². The largest absolute Gasteiger partial charge is 0.465 e. The summed E-state index contributed by atoms with van der Waals surface area (Å²) in [5.41, 5.74) is 1.21. The number of halogens is 1. The normalized spacial score (nSPS) is 13.8. The Morgan fingerprint density at radius 3 is 2.45 bits per heavy atom. The van der Waals surface area contributed by atoms with E-state index in [-0.39, 0.29) is 5.70 Å². The summed E-state index contributed by atoms with van der Waals surface area (Å²) in [6.45, 7) is 1.65. The maximum Gasteiger partial charge on any atom is 0.272 e. The van der Waals surface area contributed by atoms with Crippen LogP contribution in [0.3, 0.4) is 0 Å². The molecule has 2 heterocycles. The molecule has 3 aromatic rings. The molecule has 31 heavy (non-hydrogen) atoms. The molecule has 0 radical (unpaired) electrons. The van der Waals surface area contributed by atoms with Gasteiger partial charge in [-0.3, -0.25) is 9.59 Å². The zero-order valence-electron chi connectivity index (χ0n) is 16.8. The van der Waals surface area contributed by atoms with Crippen LogP contribution in [0.25, 0.3) is 6.08 Å². The zero-order valence-corrected chi connectivity index (χ0v) is 16.8. The lowest BCUT2D eigenvalue weighted by atomic mass is 10.2. The Labute approximate surface area is 179 Å². The van der Waals surface area contributed by atoms with Gasteiger partial charge in [-0.05, 0) is 55.3 Å². The number of nitrogens with one attached hydrogen (secondary N) is 2. The van der Waals surface area contributed by atoms with E-state index in [9.17, 15) is 14.0 Å². The van der Waals surface area contributed by atoms with Crippen molar-refractivity contribution in [3.8, 4) is 0 Å². The maximum atomic E-state index is 14.6. The SMILES string of the molecule is O=C(Nc1ccc(N2CCCC2)c(F)c1)/C(=C/c1ccco1)NC(=O)c1ccccc1. The van der Waals surface area contributed by atoms with Crippen LogP contribution in [-0.4, -0.2) is 24.9 Å². The molecule has 2 aromatic carbocycles. The lowest BCUT2D eigenvalue weighted by Crippen LogP contribution is -2.30. The molecule has 0 bridgehead atoms. The number of rotatable bonds is 6. The summed E-state index contributed by atoms with van der Waals surface area (Å²) in [5.74, 6) is -1.03. The Hall–Kier alpha value is -3.87. The van der Waals surface area contributed by atoms with E-state index in [4.69, 9.17) is 4.42 Å². The van der Waals surface area contributed by atoms with Crippen LogP contribution in [0.4, 0.5) is 15.8 Å². The Balaban J connectivity index is 1.53. The molecule has 0 unspecified atom stereocenters. The molecule has 1 fully saturated rings. The second-order valence-corrected chi connectivity index (χ2v) is 7.21. The zero-order chi connectivity index (χ0) is 21.6. The predicted octanol–water partition coefficient (Wildman–Crippen LogP) is 4.43. The molecule has 2 amide bonds. The summed E-state index contributed by atoms with van der Waals surface area (Å²) in [5, 5.41) is 5.26. The van der Waals surface area contributed by atoms with Crippen molar-refractivity contribution < 1.29 is 18.4 Å². The average Bonchev–Trinajstić information content (AvgIpc) is 3.48. The van der Waals surface area contributed by atoms with Gasteiger partial charge in [-0.2, -0.15) is 0 Å². The van der Waals surface area contributed by atoms with Gasteiger partial charge in [0.1, 0.15) is 17.3 Å². The topological polar surface area (TPSA) is 74.6 Å².